The Kier molecular flexibility index (Phi) is 5.71. The van der Waals surface area contributed by atoms with Gasteiger partial charge in [0.1, 0.15) is 10.2 Å². The molecule has 0 N–H and O–H groups in total. The van der Waals surface area contributed by atoms with E-state index in [9.17, 15) is 4.79 Å². The molecule has 1 atom stereocenters. The summed E-state index contributed by atoms with van der Waals surface area (Å²) in [7, 11) is 3.71. The summed E-state index contributed by atoms with van der Waals surface area (Å²) in [6.07, 6.45) is 2.49. The molecule has 0 bridgehead atoms. The van der Waals surface area contributed by atoms with Crippen LogP contribution in [0.3, 0.4) is 0 Å². The van der Waals surface area contributed by atoms with E-state index in [-0.39, 0.29) is 5.56 Å². The average Bonchev–Trinajstić information content (AvgIpc) is 2.62. The van der Waals surface area contributed by atoms with E-state index in [0.29, 0.717) is 22.0 Å². The molecule has 132 valence electrons. The van der Waals surface area contributed by atoms with Gasteiger partial charge in [-0.15, -0.1) is 11.6 Å². The molecule has 2 aromatic rings. The largest absolute Gasteiger partial charge is 0.300 e. The van der Waals surface area contributed by atoms with Gasteiger partial charge in [0.2, 0.25) is 0 Å². The van der Waals surface area contributed by atoms with Crippen LogP contribution in [-0.2, 0) is 12.9 Å². The van der Waals surface area contributed by atoms with Gasteiger partial charge in [-0.25, -0.2) is 4.68 Å². The van der Waals surface area contributed by atoms with Crippen molar-refractivity contribution in [2.75, 3.05) is 20.1 Å². The van der Waals surface area contributed by atoms with E-state index in [0.717, 1.165) is 30.8 Å². The molecule has 1 aromatic carbocycles. The molecule has 1 aliphatic heterocycles. The Bertz CT molecular complexity index is 847. The number of benzene rings is 1. The van der Waals surface area contributed by atoms with Gasteiger partial charge < -0.3 is 4.90 Å². The number of hydrogen-bond acceptors (Lipinski definition) is 4. The highest BCUT2D eigenvalue weighted by Gasteiger charge is 2.23. The van der Waals surface area contributed by atoms with E-state index in [1.807, 2.05) is 0 Å². The molecule has 0 unspecified atom stereocenters. The molecule has 1 saturated heterocycles. The van der Waals surface area contributed by atoms with Crippen molar-refractivity contribution in [3.8, 4) is 0 Å². The molecule has 3 rings (SSSR count). The fraction of sp³-hybridized carbons (Fsp3) is 0.389. The van der Waals surface area contributed by atoms with Crippen molar-refractivity contribution < 1.29 is 0 Å². The number of hydrogen-bond donors (Lipinski definition) is 0. The number of piperidine rings is 1. The molecule has 25 heavy (non-hydrogen) atoms. The van der Waals surface area contributed by atoms with Crippen molar-refractivity contribution in [3.05, 3.63) is 56.4 Å². The fourth-order valence-corrected chi connectivity index (χ4v) is 3.73. The lowest BCUT2D eigenvalue weighted by Crippen LogP contribution is -2.37. The molecule has 0 saturated carbocycles. The van der Waals surface area contributed by atoms with Gasteiger partial charge in [-0.2, -0.15) is 5.10 Å². The van der Waals surface area contributed by atoms with Crippen LogP contribution in [0.1, 0.15) is 23.5 Å². The predicted octanol–water partition coefficient (Wildman–Crippen LogP) is 3.47. The standard InChI is InChI=1S/C18H20BrClN4O/c1-23-10-14(13-5-3-12(8-20)4-6-13)7-15(11-23)22-16-9-21-24(2)18(25)17(16)19/h3-6,9,14H,7-8,10-11H2,1-2H3/t14-/m0/s1. The lowest BCUT2D eigenvalue weighted by atomic mass is 9.89. The number of aromatic nitrogens is 2. The number of likely N-dealkylation sites (N-methyl/N-ethyl adjacent to an activating group) is 1. The number of rotatable bonds is 3. The van der Waals surface area contributed by atoms with Crippen LogP contribution in [-0.4, -0.2) is 40.5 Å². The van der Waals surface area contributed by atoms with Crippen LogP contribution in [0.5, 0.6) is 0 Å². The first-order chi connectivity index (χ1) is 12.0. The molecule has 0 spiro atoms. The van der Waals surface area contributed by atoms with Crippen molar-refractivity contribution in [2.45, 2.75) is 18.2 Å². The highest BCUT2D eigenvalue weighted by atomic mass is 79.9. The monoisotopic (exact) mass is 422 g/mol. The lowest BCUT2D eigenvalue weighted by molar-refractivity contribution is 0.328. The van der Waals surface area contributed by atoms with Crippen molar-refractivity contribution >= 4 is 38.9 Å². The van der Waals surface area contributed by atoms with Gasteiger partial charge in [-0.1, -0.05) is 24.3 Å². The number of likely N-dealkylation sites (tertiary alicyclic amines) is 1. The molecular formula is C18H20BrClN4O. The van der Waals surface area contributed by atoms with Crippen LogP contribution in [0, 0.1) is 0 Å². The maximum absolute atomic E-state index is 12.0. The summed E-state index contributed by atoms with van der Waals surface area (Å²) in [6.45, 7) is 1.77. The molecule has 1 fully saturated rings. The Hall–Kier alpha value is -1.50. The minimum atomic E-state index is -0.181. The van der Waals surface area contributed by atoms with Gasteiger partial charge in [0, 0.05) is 37.6 Å². The second-order valence-electron chi connectivity index (χ2n) is 6.42. The third-order valence-corrected chi connectivity index (χ3v) is 5.46. The van der Waals surface area contributed by atoms with Crippen molar-refractivity contribution in [1.29, 1.82) is 0 Å². The molecule has 5 nitrogen and oxygen atoms in total. The second-order valence-corrected chi connectivity index (χ2v) is 7.48. The van der Waals surface area contributed by atoms with Crippen LogP contribution in [0.25, 0.3) is 0 Å². The molecule has 0 aliphatic carbocycles. The number of halogens is 2. The second kappa shape index (κ2) is 7.81. The Morgan fingerprint density at radius 2 is 2.04 bits per heavy atom. The zero-order valence-corrected chi connectivity index (χ0v) is 16.6. The van der Waals surface area contributed by atoms with E-state index in [1.54, 1.807) is 13.2 Å². The third-order valence-electron chi connectivity index (χ3n) is 4.41. The summed E-state index contributed by atoms with van der Waals surface area (Å²) in [5.74, 6) is 0.904. The minimum absolute atomic E-state index is 0.181. The molecule has 0 amide bonds. The zero-order chi connectivity index (χ0) is 18.0. The van der Waals surface area contributed by atoms with Crippen LogP contribution in [0.15, 0.2) is 44.7 Å². The van der Waals surface area contributed by atoms with Crippen LogP contribution in [0.2, 0.25) is 0 Å². The zero-order valence-electron chi connectivity index (χ0n) is 14.2. The Balaban J connectivity index is 1.87. The Labute approximate surface area is 160 Å². The van der Waals surface area contributed by atoms with Crippen molar-refractivity contribution in [3.63, 3.8) is 0 Å². The molecule has 1 aromatic heterocycles. The quantitative estimate of drug-likeness (QED) is 0.710. The summed E-state index contributed by atoms with van der Waals surface area (Å²) in [6, 6.07) is 8.45. The van der Waals surface area contributed by atoms with Crippen LogP contribution >= 0.6 is 27.5 Å². The summed E-state index contributed by atoms with van der Waals surface area (Å²) >= 11 is 9.22. The first-order valence-electron chi connectivity index (χ1n) is 8.09. The Morgan fingerprint density at radius 3 is 2.72 bits per heavy atom. The first-order valence-corrected chi connectivity index (χ1v) is 9.42. The molecule has 0 radical (unpaired) electrons. The van der Waals surface area contributed by atoms with E-state index >= 15 is 0 Å². The van der Waals surface area contributed by atoms with Gasteiger partial charge in [0.15, 0.2) is 0 Å². The fourth-order valence-electron chi connectivity index (χ4n) is 3.10. The molecular weight excluding hydrogens is 404 g/mol. The summed E-state index contributed by atoms with van der Waals surface area (Å²) in [5, 5.41) is 4.06. The molecule has 1 aliphatic rings. The maximum atomic E-state index is 12.0. The van der Waals surface area contributed by atoms with Crippen molar-refractivity contribution in [1.82, 2.24) is 14.7 Å². The SMILES string of the molecule is CN1CC(=Nc2cnn(C)c(=O)c2Br)C[C@H](c2ccc(CCl)cc2)C1. The maximum Gasteiger partial charge on any atom is 0.282 e. The third kappa shape index (κ3) is 4.19. The topological polar surface area (TPSA) is 50.5 Å². The highest BCUT2D eigenvalue weighted by molar-refractivity contribution is 9.10. The molecule has 7 heteroatoms. The first kappa shape index (κ1) is 18.3. The van der Waals surface area contributed by atoms with E-state index in [4.69, 9.17) is 16.6 Å². The highest BCUT2D eigenvalue weighted by Crippen LogP contribution is 2.28. The molecule has 2 heterocycles. The van der Waals surface area contributed by atoms with Crippen LogP contribution < -0.4 is 5.56 Å². The van der Waals surface area contributed by atoms with E-state index in [1.165, 1.54) is 10.2 Å². The van der Waals surface area contributed by atoms with Gasteiger partial charge >= 0.3 is 0 Å². The van der Waals surface area contributed by atoms with E-state index < -0.39 is 0 Å². The number of aryl methyl sites for hydroxylation is 1. The Morgan fingerprint density at radius 1 is 1.32 bits per heavy atom. The predicted molar refractivity (Wildman–Crippen MR) is 105 cm³/mol. The van der Waals surface area contributed by atoms with Gasteiger partial charge in [0.05, 0.1) is 6.20 Å². The summed E-state index contributed by atoms with van der Waals surface area (Å²) < 4.78 is 1.75. The number of alkyl halides is 1. The minimum Gasteiger partial charge on any atom is -0.300 e. The van der Waals surface area contributed by atoms with Gasteiger partial charge in [0.25, 0.3) is 5.56 Å². The number of nitrogens with zero attached hydrogens (tertiary/aromatic N) is 4. The van der Waals surface area contributed by atoms with E-state index in [2.05, 4.69) is 57.2 Å². The van der Waals surface area contributed by atoms with Gasteiger partial charge in [-0.3, -0.25) is 9.79 Å². The van der Waals surface area contributed by atoms with Crippen molar-refractivity contribution in [2.24, 2.45) is 12.0 Å². The average molecular weight is 424 g/mol. The number of aliphatic imine (C=N–C) groups is 1. The normalized spacial score (nSPS) is 20.2. The van der Waals surface area contributed by atoms with Gasteiger partial charge in [-0.05, 0) is 40.5 Å². The summed E-state index contributed by atoms with van der Waals surface area (Å²) in [5.41, 5.74) is 3.87. The smallest absolute Gasteiger partial charge is 0.282 e. The lowest BCUT2D eigenvalue weighted by Gasteiger charge is -2.31. The summed E-state index contributed by atoms with van der Waals surface area (Å²) in [4.78, 5) is 19.0. The van der Waals surface area contributed by atoms with Crippen LogP contribution in [0.4, 0.5) is 5.69 Å².